The molecule has 1 aromatic carbocycles. The van der Waals surface area contributed by atoms with Crippen LogP contribution >= 0.6 is 0 Å². The van der Waals surface area contributed by atoms with E-state index in [-0.39, 0.29) is 5.60 Å². The van der Waals surface area contributed by atoms with Crippen LogP contribution < -0.4 is 5.32 Å². The third kappa shape index (κ3) is 1.11. The molecule has 2 aliphatic heterocycles. The molecule has 0 amide bonds. The molecule has 2 aliphatic rings. The molecule has 0 bridgehead atoms. The highest BCUT2D eigenvalue weighted by Crippen LogP contribution is 2.40. The minimum absolute atomic E-state index is 0.00512. The van der Waals surface area contributed by atoms with E-state index in [1.165, 1.54) is 17.5 Å². The van der Waals surface area contributed by atoms with Gasteiger partial charge in [0.15, 0.2) is 0 Å². The monoisotopic (exact) mass is 189 g/mol. The number of hydrogen-bond donors (Lipinski definition) is 1. The summed E-state index contributed by atoms with van der Waals surface area (Å²) in [5.74, 6) is 0. The first-order chi connectivity index (χ1) is 6.91. The van der Waals surface area contributed by atoms with Crippen LogP contribution in [-0.4, -0.2) is 13.1 Å². The Hall–Kier alpha value is -0.860. The van der Waals surface area contributed by atoms with Crippen molar-refractivity contribution in [1.29, 1.82) is 0 Å². The van der Waals surface area contributed by atoms with E-state index in [2.05, 4.69) is 29.6 Å². The molecule has 1 saturated heterocycles. The summed E-state index contributed by atoms with van der Waals surface area (Å²) in [6, 6.07) is 8.61. The van der Waals surface area contributed by atoms with E-state index < -0.39 is 0 Å². The summed E-state index contributed by atoms with van der Waals surface area (Å²) in [7, 11) is 0. The Balaban J connectivity index is 2.03. The summed E-state index contributed by atoms with van der Waals surface area (Å²) in [6.07, 6.45) is 2.38. The summed E-state index contributed by atoms with van der Waals surface area (Å²) in [5, 5.41) is 3.43. The fourth-order valence-electron chi connectivity index (χ4n) is 2.62. The first kappa shape index (κ1) is 8.45. The van der Waals surface area contributed by atoms with Gasteiger partial charge in [0.1, 0.15) is 5.60 Å². The normalized spacial score (nSPS) is 30.6. The maximum Gasteiger partial charge on any atom is 0.106 e. The highest BCUT2D eigenvalue weighted by atomic mass is 16.5. The van der Waals surface area contributed by atoms with Crippen molar-refractivity contribution in [3.8, 4) is 0 Å². The third-order valence-electron chi connectivity index (χ3n) is 3.36. The van der Waals surface area contributed by atoms with Crippen LogP contribution in [0.1, 0.15) is 24.0 Å². The molecule has 1 fully saturated rings. The topological polar surface area (TPSA) is 21.3 Å². The molecule has 1 atom stereocenters. The van der Waals surface area contributed by atoms with E-state index in [1.54, 1.807) is 0 Å². The van der Waals surface area contributed by atoms with Gasteiger partial charge in [0, 0.05) is 6.54 Å². The molecule has 2 nitrogen and oxygen atoms in total. The first-order valence-corrected chi connectivity index (χ1v) is 5.34. The zero-order valence-electron chi connectivity index (χ0n) is 8.25. The van der Waals surface area contributed by atoms with E-state index in [1.807, 2.05) is 0 Å². The van der Waals surface area contributed by atoms with Gasteiger partial charge >= 0.3 is 0 Å². The molecule has 1 N–H and O–H groups in total. The lowest BCUT2D eigenvalue weighted by Gasteiger charge is -2.34. The van der Waals surface area contributed by atoms with Crippen LogP contribution in [0, 0.1) is 0 Å². The van der Waals surface area contributed by atoms with Crippen LogP contribution in [-0.2, 0) is 16.9 Å². The Morgan fingerprint density at radius 1 is 1.29 bits per heavy atom. The molecular weight excluding hydrogens is 174 g/mol. The fourth-order valence-corrected chi connectivity index (χ4v) is 2.62. The standard InChI is InChI=1S/C12H15NO/c1-2-5-11-10(4-1)8-14-12(11)6-3-7-13-9-12/h1-2,4-5,13H,3,6-9H2/t12-/m1/s1. The van der Waals surface area contributed by atoms with Gasteiger partial charge in [-0.1, -0.05) is 24.3 Å². The van der Waals surface area contributed by atoms with E-state index >= 15 is 0 Å². The van der Waals surface area contributed by atoms with Gasteiger partial charge in [-0.05, 0) is 30.5 Å². The minimum atomic E-state index is -0.00512. The van der Waals surface area contributed by atoms with Crippen LogP contribution in [0.3, 0.4) is 0 Å². The van der Waals surface area contributed by atoms with Crippen molar-refractivity contribution in [2.45, 2.75) is 25.0 Å². The van der Waals surface area contributed by atoms with Crippen molar-refractivity contribution < 1.29 is 4.74 Å². The fraction of sp³-hybridized carbons (Fsp3) is 0.500. The van der Waals surface area contributed by atoms with Crippen LogP contribution in [0.4, 0.5) is 0 Å². The van der Waals surface area contributed by atoms with Crippen molar-refractivity contribution in [3.63, 3.8) is 0 Å². The van der Waals surface area contributed by atoms with E-state index in [9.17, 15) is 0 Å². The summed E-state index contributed by atoms with van der Waals surface area (Å²) in [4.78, 5) is 0. The molecule has 14 heavy (non-hydrogen) atoms. The van der Waals surface area contributed by atoms with Gasteiger partial charge in [-0.15, -0.1) is 0 Å². The predicted molar refractivity (Wildman–Crippen MR) is 55.0 cm³/mol. The molecule has 0 saturated carbocycles. The minimum Gasteiger partial charge on any atom is -0.364 e. The summed E-state index contributed by atoms with van der Waals surface area (Å²) >= 11 is 0. The maximum atomic E-state index is 5.99. The van der Waals surface area contributed by atoms with Gasteiger partial charge in [-0.2, -0.15) is 0 Å². The van der Waals surface area contributed by atoms with Crippen LogP contribution in [0.2, 0.25) is 0 Å². The van der Waals surface area contributed by atoms with E-state index in [0.29, 0.717) is 0 Å². The lowest BCUT2D eigenvalue weighted by molar-refractivity contribution is -0.0536. The Morgan fingerprint density at radius 2 is 2.21 bits per heavy atom. The lowest BCUT2D eigenvalue weighted by Crippen LogP contribution is -2.43. The van der Waals surface area contributed by atoms with Crippen molar-refractivity contribution in [2.75, 3.05) is 13.1 Å². The zero-order chi connectivity index (χ0) is 9.43. The maximum absolute atomic E-state index is 5.99. The van der Waals surface area contributed by atoms with Crippen molar-refractivity contribution in [1.82, 2.24) is 5.32 Å². The third-order valence-corrected chi connectivity index (χ3v) is 3.36. The van der Waals surface area contributed by atoms with Gasteiger partial charge in [0.05, 0.1) is 6.61 Å². The largest absolute Gasteiger partial charge is 0.364 e. The van der Waals surface area contributed by atoms with Gasteiger partial charge in [0.2, 0.25) is 0 Å². The average molecular weight is 189 g/mol. The average Bonchev–Trinajstić information content (AvgIpc) is 2.60. The number of benzene rings is 1. The molecule has 1 spiro atoms. The predicted octanol–water partition coefficient (Wildman–Crippen LogP) is 1.80. The van der Waals surface area contributed by atoms with E-state index in [4.69, 9.17) is 4.74 Å². The molecule has 0 aromatic heterocycles. The Morgan fingerprint density at radius 3 is 3.07 bits per heavy atom. The summed E-state index contributed by atoms with van der Waals surface area (Å²) in [5.41, 5.74) is 2.78. The molecule has 2 heterocycles. The smallest absolute Gasteiger partial charge is 0.106 e. The van der Waals surface area contributed by atoms with Gasteiger partial charge in [-0.3, -0.25) is 0 Å². The Labute approximate surface area is 84.3 Å². The van der Waals surface area contributed by atoms with Gasteiger partial charge in [-0.25, -0.2) is 0 Å². The Bertz CT molecular complexity index is 336. The Kier molecular flexibility index (Phi) is 1.85. The second-order valence-corrected chi connectivity index (χ2v) is 4.22. The number of piperidine rings is 1. The molecule has 2 heteroatoms. The second-order valence-electron chi connectivity index (χ2n) is 4.22. The molecule has 0 aliphatic carbocycles. The first-order valence-electron chi connectivity index (χ1n) is 5.34. The van der Waals surface area contributed by atoms with Gasteiger partial charge < -0.3 is 10.1 Å². The number of fused-ring (bicyclic) bond motifs is 2. The molecule has 0 radical (unpaired) electrons. The van der Waals surface area contributed by atoms with Gasteiger partial charge in [0.25, 0.3) is 0 Å². The van der Waals surface area contributed by atoms with E-state index in [0.717, 1.165) is 26.1 Å². The summed E-state index contributed by atoms with van der Waals surface area (Å²) < 4.78 is 5.99. The zero-order valence-corrected chi connectivity index (χ0v) is 8.25. The van der Waals surface area contributed by atoms with Crippen LogP contribution in [0.25, 0.3) is 0 Å². The highest BCUT2D eigenvalue weighted by Gasteiger charge is 2.40. The number of ether oxygens (including phenoxy) is 1. The number of hydrogen-bond acceptors (Lipinski definition) is 2. The van der Waals surface area contributed by atoms with Crippen molar-refractivity contribution in [3.05, 3.63) is 35.4 Å². The molecule has 0 unspecified atom stereocenters. The highest BCUT2D eigenvalue weighted by molar-refractivity contribution is 5.36. The SMILES string of the molecule is c1ccc2c(c1)CO[C@@]21CCCNC1. The quantitative estimate of drug-likeness (QED) is 0.672. The van der Waals surface area contributed by atoms with Crippen molar-refractivity contribution in [2.24, 2.45) is 0 Å². The van der Waals surface area contributed by atoms with Crippen LogP contribution in [0.15, 0.2) is 24.3 Å². The molecule has 74 valence electrons. The summed E-state index contributed by atoms with van der Waals surface area (Å²) in [6.45, 7) is 2.90. The number of nitrogens with one attached hydrogen (secondary N) is 1. The number of rotatable bonds is 0. The molecule has 1 aromatic rings. The molecule has 3 rings (SSSR count). The second kappa shape index (κ2) is 3.07. The molecular formula is C12H15NO. The van der Waals surface area contributed by atoms with Crippen molar-refractivity contribution >= 4 is 0 Å². The lowest BCUT2D eigenvalue weighted by atomic mass is 9.86. The van der Waals surface area contributed by atoms with Crippen LogP contribution in [0.5, 0.6) is 0 Å².